The van der Waals surface area contributed by atoms with E-state index in [2.05, 4.69) is 21.4 Å². The number of anilines is 1. The number of rotatable bonds is 4. The summed E-state index contributed by atoms with van der Waals surface area (Å²) in [4.78, 5) is 19.8. The molecule has 1 aromatic heterocycles. The van der Waals surface area contributed by atoms with E-state index in [-0.39, 0.29) is 11.7 Å². The molecule has 3 N–H and O–H groups in total. The maximum atomic E-state index is 11.9. The van der Waals surface area contributed by atoms with Gasteiger partial charge < -0.3 is 11.1 Å². The zero-order valence-electron chi connectivity index (χ0n) is 10.4. The zero-order valence-corrected chi connectivity index (χ0v) is 11.2. The minimum Gasteiger partial charge on any atom is -0.381 e. The van der Waals surface area contributed by atoms with Gasteiger partial charge in [-0.05, 0) is 25.7 Å². The van der Waals surface area contributed by atoms with E-state index in [4.69, 9.17) is 5.73 Å². The molecule has 0 aromatic carbocycles. The van der Waals surface area contributed by atoms with Crippen LogP contribution in [-0.2, 0) is 4.79 Å². The number of aromatic nitrogens is 2. The molecule has 2 rings (SSSR count). The van der Waals surface area contributed by atoms with Gasteiger partial charge in [0, 0.05) is 12.4 Å². The van der Waals surface area contributed by atoms with Crippen LogP contribution in [0.3, 0.4) is 0 Å². The Labute approximate surface area is 115 Å². The lowest BCUT2D eigenvalue weighted by Gasteiger charge is -2.21. The number of nitrogens with two attached hydrogens (primary N) is 1. The van der Waals surface area contributed by atoms with E-state index in [0.29, 0.717) is 10.8 Å². The lowest BCUT2D eigenvalue weighted by Crippen LogP contribution is -2.45. The molecular formula is C12H15N5OS. The molecule has 1 saturated carbocycles. The Morgan fingerprint density at radius 1 is 1.47 bits per heavy atom. The molecule has 7 heteroatoms. The molecule has 1 aliphatic rings. The number of nitrogens with one attached hydrogen (secondary N) is 1. The van der Waals surface area contributed by atoms with E-state index in [0.717, 1.165) is 25.7 Å². The third-order valence-electron chi connectivity index (χ3n) is 3.08. The largest absolute Gasteiger partial charge is 0.381 e. The number of thioether (sulfide) groups is 1. The summed E-state index contributed by atoms with van der Waals surface area (Å²) in [5, 5.41) is 12.5. The van der Waals surface area contributed by atoms with E-state index in [9.17, 15) is 10.1 Å². The first-order chi connectivity index (χ1) is 9.15. The second-order valence-electron chi connectivity index (χ2n) is 4.48. The molecule has 0 atom stereocenters. The number of carbonyl (C=O) groups excluding carboxylic acids is 1. The lowest BCUT2D eigenvalue weighted by molar-refractivity contribution is -0.119. The van der Waals surface area contributed by atoms with Gasteiger partial charge in [-0.2, -0.15) is 5.26 Å². The topological polar surface area (TPSA) is 105 Å². The predicted octanol–water partition coefficient (Wildman–Crippen LogP) is 1.10. The van der Waals surface area contributed by atoms with Crippen LogP contribution in [-0.4, -0.2) is 27.2 Å². The van der Waals surface area contributed by atoms with Crippen LogP contribution < -0.4 is 11.1 Å². The van der Waals surface area contributed by atoms with Crippen molar-refractivity contribution in [3.05, 3.63) is 12.4 Å². The molecule has 0 saturated heterocycles. The van der Waals surface area contributed by atoms with Crippen molar-refractivity contribution in [1.29, 1.82) is 5.26 Å². The molecule has 0 aliphatic heterocycles. The van der Waals surface area contributed by atoms with Crippen LogP contribution >= 0.6 is 11.8 Å². The summed E-state index contributed by atoms with van der Waals surface area (Å²) < 4.78 is 0. The first kappa shape index (κ1) is 13.6. The number of hydrogen-bond acceptors (Lipinski definition) is 6. The van der Waals surface area contributed by atoms with Crippen LogP contribution in [0.5, 0.6) is 0 Å². The van der Waals surface area contributed by atoms with E-state index in [1.165, 1.54) is 24.2 Å². The van der Waals surface area contributed by atoms with E-state index in [1.807, 2.05) is 0 Å². The Bertz CT molecular complexity index is 507. The van der Waals surface area contributed by atoms with Crippen LogP contribution in [0.2, 0.25) is 0 Å². The summed E-state index contributed by atoms with van der Waals surface area (Å²) in [5.41, 5.74) is 4.97. The number of carbonyl (C=O) groups is 1. The molecule has 0 unspecified atom stereocenters. The highest BCUT2D eigenvalue weighted by Gasteiger charge is 2.35. The fourth-order valence-corrected chi connectivity index (χ4v) is 2.80. The number of amides is 1. The van der Waals surface area contributed by atoms with Crippen molar-refractivity contribution in [3.63, 3.8) is 0 Å². The Hall–Kier alpha value is -1.81. The third kappa shape index (κ3) is 3.35. The second kappa shape index (κ2) is 5.89. The van der Waals surface area contributed by atoms with Crippen LogP contribution in [0, 0.1) is 11.3 Å². The van der Waals surface area contributed by atoms with Gasteiger partial charge >= 0.3 is 0 Å². The molecule has 1 amide bonds. The van der Waals surface area contributed by atoms with E-state index >= 15 is 0 Å². The highest BCUT2D eigenvalue weighted by Crippen LogP contribution is 2.29. The molecule has 1 aliphatic carbocycles. The summed E-state index contributed by atoms with van der Waals surface area (Å²) in [6.45, 7) is 0. The second-order valence-corrected chi connectivity index (χ2v) is 5.45. The number of hydrogen-bond donors (Lipinski definition) is 2. The summed E-state index contributed by atoms with van der Waals surface area (Å²) in [7, 11) is 0. The Morgan fingerprint density at radius 3 is 2.79 bits per heavy atom. The Balaban J connectivity index is 1.89. The number of nitrogens with zero attached hydrogens (tertiary/aromatic N) is 3. The molecule has 1 fully saturated rings. The Morgan fingerprint density at radius 2 is 2.16 bits per heavy atom. The Kier molecular flexibility index (Phi) is 4.22. The normalized spacial score (nSPS) is 16.8. The summed E-state index contributed by atoms with van der Waals surface area (Å²) in [6.07, 6.45) is 6.46. The van der Waals surface area contributed by atoms with Gasteiger partial charge in [0.05, 0.1) is 11.8 Å². The third-order valence-corrected chi connectivity index (χ3v) is 4.08. The van der Waals surface area contributed by atoms with Gasteiger partial charge in [0.1, 0.15) is 10.6 Å². The van der Waals surface area contributed by atoms with E-state index in [1.54, 1.807) is 0 Å². The van der Waals surface area contributed by atoms with Crippen LogP contribution in [0.4, 0.5) is 5.82 Å². The SMILES string of the molecule is N#CC1(NC(=O)CSc2nccnc2N)CCCC1. The first-order valence-corrected chi connectivity index (χ1v) is 7.05. The standard InChI is InChI=1S/C12H15N5OS/c13-8-12(3-1-2-4-12)17-9(18)7-19-11-10(14)15-5-6-16-11/h5-6H,1-4,7H2,(H2,14,15)(H,17,18). The summed E-state index contributed by atoms with van der Waals surface area (Å²) in [6, 6.07) is 2.22. The van der Waals surface area contributed by atoms with Gasteiger partial charge in [-0.25, -0.2) is 9.97 Å². The van der Waals surface area contributed by atoms with Crippen molar-refractivity contribution < 1.29 is 4.79 Å². The van der Waals surface area contributed by atoms with Crippen molar-refractivity contribution in [1.82, 2.24) is 15.3 Å². The van der Waals surface area contributed by atoms with Crippen molar-refractivity contribution >= 4 is 23.5 Å². The van der Waals surface area contributed by atoms with Crippen molar-refractivity contribution in [3.8, 4) is 6.07 Å². The zero-order chi connectivity index (χ0) is 13.7. The average Bonchev–Trinajstić information content (AvgIpc) is 2.87. The monoisotopic (exact) mass is 277 g/mol. The van der Waals surface area contributed by atoms with Gasteiger partial charge in [-0.15, -0.1) is 0 Å². The van der Waals surface area contributed by atoms with E-state index < -0.39 is 5.54 Å². The maximum absolute atomic E-state index is 11.9. The van der Waals surface area contributed by atoms with Crippen molar-refractivity contribution in [2.45, 2.75) is 36.2 Å². The van der Waals surface area contributed by atoms with Crippen LogP contribution in [0.25, 0.3) is 0 Å². The summed E-state index contributed by atoms with van der Waals surface area (Å²) in [5.74, 6) is 0.335. The molecule has 100 valence electrons. The molecule has 6 nitrogen and oxygen atoms in total. The van der Waals surface area contributed by atoms with Gasteiger partial charge in [0.2, 0.25) is 5.91 Å². The molecule has 0 radical (unpaired) electrons. The highest BCUT2D eigenvalue weighted by molar-refractivity contribution is 8.00. The van der Waals surface area contributed by atoms with Gasteiger partial charge in [0.25, 0.3) is 0 Å². The fourth-order valence-electron chi connectivity index (χ4n) is 2.13. The average molecular weight is 277 g/mol. The number of nitriles is 1. The maximum Gasteiger partial charge on any atom is 0.231 e. The van der Waals surface area contributed by atoms with Crippen molar-refractivity contribution in [2.75, 3.05) is 11.5 Å². The first-order valence-electron chi connectivity index (χ1n) is 6.07. The van der Waals surface area contributed by atoms with Gasteiger partial charge in [-0.3, -0.25) is 4.79 Å². The summed E-state index contributed by atoms with van der Waals surface area (Å²) >= 11 is 1.23. The minimum atomic E-state index is -0.675. The lowest BCUT2D eigenvalue weighted by atomic mass is 10.0. The fraction of sp³-hybridized carbons (Fsp3) is 0.500. The van der Waals surface area contributed by atoms with Crippen molar-refractivity contribution in [2.24, 2.45) is 0 Å². The van der Waals surface area contributed by atoms with Gasteiger partial charge in [-0.1, -0.05) is 11.8 Å². The smallest absolute Gasteiger partial charge is 0.231 e. The highest BCUT2D eigenvalue weighted by atomic mass is 32.2. The molecule has 0 bridgehead atoms. The minimum absolute atomic E-state index is 0.168. The van der Waals surface area contributed by atoms with Crippen LogP contribution in [0.15, 0.2) is 17.4 Å². The molecule has 0 spiro atoms. The number of nitrogen functional groups attached to an aromatic ring is 1. The quantitative estimate of drug-likeness (QED) is 0.799. The molecule has 1 heterocycles. The van der Waals surface area contributed by atoms with Gasteiger partial charge in [0.15, 0.2) is 5.82 Å². The molecule has 19 heavy (non-hydrogen) atoms. The molecular weight excluding hydrogens is 262 g/mol. The molecule has 1 aromatic rings. The predicted molar refractivity (Wildman–Crippen MR) is 72.1 cm³/mol. The van der Waals surface area contributed by atoms with Crippen LogP contribution in [0.1, 0.15) is 25.7 Å².